The summed E-state index contributed by atoms with van der Waals surface area (Å²) in [5, 5.41) is 0. The van der Waals surface area contributed by atoms with Gasteiger partial charge in [-0.3, -0.25) is 0 Å². The van der Waals surface area contributed by atoms with Gasteiger partial charge in [0.05, 0.1) is 19.8 Å². The van der Waals surface area contributed by atoms with E-state index in [-0.39, 0.29) is 19.8 Å². The maximum Gasteiger partial charge on any atom is 0.330 e. The van der Waals surface area contributed by atoms with Crippen LogP contribution in [0.2, 0.25) is 0 Å². The first-order valence-corrected chi connectivity index (χ1v) is 6.74. The quantitative estimate of drug-likeness (QED) is 0.330. The average Bonchev–Trinajstić information content (AvgIpc) is 2.52. The molecule has 0 atom stereocenters. The Kier molecular flexibility index (Phi) is 9.25. The van der Waals surface area contributed by atoms with Crippen LogP contribution in [0.5, 0.6) is 0 Å². The molecule has 122 valence electrons. The van der Waals surface area contributed by atoms with E-state index in [1.807, 2.05) is 6.92 Å². The zero-order valence-corrected chi connectivity index (χ0v) is 12.8. The fourth-order valence-electron chi connectivity index (χ4n) is 1.49. The molecule has 0 saturated heterocycles. The van der Waals surface area contributed by atoms with E-state index < -0.39 is 23.3 Å². The first kappa shape index (κ1) is 19.6. The lowest BCUT2D eigenvalue weighted by atomic mass is 9.85. The van der Waals surface area contributed by atoms with Crippen molar-refractivity contribution in [3.8, 4) is 0 Å². The lowest BCUT2D eigenvalue weighted by Gasteiger charge is -2.28. The van der Waals surface area contributed by atoms with Crippen molar-refractivity contribution in [2.45, 2.75) is 19.8 Å². The van der Waals surface area contributed by atoms with Crippen molar-refractivity contribution in [1.82, 2.24) is 0 Å². The molecule has 0 N–H and O–H groups in total. The van der Waals surface area contributed by atoms with Crippen LogP contribution < -0.4 is 0 Å². The Labute approximate surface area is 130 Å². The van der Waals surface area contributed by atoms with Gasteiger partial charge >= 0.3 is 17.9 Å². The molecule has 0 aromatic heterocycles. The predicted molar refractivity (Wildman–Crippen MR) is 80.8 cm³/mol. The Balaban J connectivity index is 4.50. The smallest absolute Gasteiger partial charge is 0.330 e. The molecule has 0 fully saturated rings. The van der Waals surface area contributed by atoms with Crippen LogP contribution >= 0.6 is 0 Å². The van der Waals surface area contributed by atoms with Gasteiger partial charge in [-0.2, -0.15) is 0 Å². The minimum absolute atomic E-state index is 0.0924. The highest BCUT2D eigenvalue weighted by Gasteiger charge is 2.27. The number of ether oxygens (including phenoxy) is 3. The van der Waals surface area contributed by atoms with Crippen molar-refractivity contribution < 1.29 is 28.6 Å². The van der Waals surface area contributed by atoms with Gasteiger partial charge < -0.3 is 14.2 Å². The highest BCUT2D eigenvalue weighted by molar-refractivity contribution is 5.81. The number of esters is 3. The number of rotatable bonds is 11. The summed E-state index contributed by atoms with van der Waals surface area (Å²) in [4.78, 5) is 33.2. The Morgan fingerprint density at radius 3 is 1.55 bits per heavy atom. The van der Waals surface area contributed by atoms with Crippen LogP contribution in [-0.4, -0.2) is 37.7 Å². The molecule has 0 amide bonds. The second-order valence-electron chi connectivity index (χ2n) is 4.87. The minimum atomic E-state index is -0.544. The molecule has 0 saturated carbocycles. The molecule has 0 radical (unpaired) electrons. The highest BCUT2D eigenvalue weighted by atomic mass is 16.5. The first-order valence-electron chi connectivity index (χ1n) is 6.74. The number of hydrogen-bond acceptors (Lipinski definition) is 6. The van der Waals surface area contributed by atoms with Gasteiger partial charge in [-0.1, -0.05) is 26.7 Å². The van der Waals surface area contributed by atoms with E-state index >= 15 is 0 Å². The van der Waals surface area contributed by atoms with E-state index in [0.29, 0.717) is 12.8 Å². The summed E-state index contributed by atoms with van der Waals surface area (Å²) >= 11 is 0. The highest BCUT2D eigenvalue weighted by Crippen LogP contribution is 2.27. The normalized spacial score (nSPS) is 10.2. The third-order valence-electron chi connectivity index (χ3n) is 2.96. The lowest BCUT2D eigenvalue weighted by Crippen LogP contribution is -2.29. The largest absolute Gasteiger partial charge is 0.463 e. The summed E-state index contributed by atoms with van der Waals surface area (Å²) in [6.45, 7) is 12.1. The van der Waals surface area contributed by atoms with Gasteiger partial charge in [0.25, 0.3) is 0 Å². The summed E-state index contributed by atoms with van der Waals surface area (Å²) < 4.78 is 14.9. The molecule has 0 heterocycles. The van der Waals surface area contributed by atoms with E-state index in [0.717, 1.165) is 18.2 Å². The van der Waals surface area contributed by atoms with Gasteiger partial charge in [-0.15, -0.1) is 0 Å². The lowest BCUT2D eigenvalue weighted by molar-refractivity contribution is -0.146. The third kappa shape index (κ3) is 8.73. The van der Waals surface area contributed by atoms with Gasteiger partial charge in [0.2, 0.25) is 0 Å². The zero-order chi connectivity index (χ0) is 17.0. The van der Waals surface area contributed by atoms with Crippen LogP contribution in [0.4, 0.5) is 0 Å². The standard InChI is InChI=1S/C16H22O6/c1-5-13(17)20-10-8-16(4,12-22-15(19)7-3)9-11-21-14(18)6-2/h5-7H,1-3,8-12H2,4H3. The van der Waals surface area contributed by atoms with Crippen LogP contribution in [0.15, 0.2) is 38.0 Å². The molecule has 0 aromatic carbocycles. The van der Waals surface area contributed by atoms with E-state index in [9.17, 15) is 14.4 Å². The van der Waals surface area contributed by atoms with Gasteiger partial charge in [-0.25, -0.2) is 14.4 Å². The molecule has 0 unspecified atom stereocenters. The second kappa shape index (κ2) is 10.4. The number of hydrogen-bond donors (Lipinski definition) is 0. The molecular weight excluding hydrogens is 288 g/mol. The zero-order valence-electron chi connectivity index (χ0n) is 12.8. The van der Waals surface area contributed by atoms with Crippen molar-refractivity contribution >= 4 is 17.9 Å². The fraction of sp³-hybridized carbons (Fsp3) is 0.438. The van der Waals surface area contributed by atoms with E-state index in [2.05, 4.69) is 19.7 Å². The maximum atomic E-state index is 11.2. The molecule has 6 heteroatoms. The van der Waals surface area contributed by atoms with Crippen molar-refractivity contribution in [3.05, 3.63) is 38.0 Å². The Bertz CT molecular complexity index is 412. The molecule has 0 aliphatic heterocycles. The molecule has 0 rings (SSSR count). The summed E-state index contributed by atoms with van der Waals surface area (Å²) in [7, 11) is 0. The summed E-state index contributed by atoms with van der Waals surface area (Å²) in [6, 6.07) is 0. The monoisotopic (exact) mass is 310 g/mol. The molecule has 0 spiro atoms. The van der Waals surface area contributed by atoms with Gasteiger partial charge in [0, 0.05) is 23.6 Å². The fourth-order valence-corrected chi connectivity index (χ4v) is 1.49. The summed E-state index contributed by atoms with van der Waals surface area (Å²) in [6.07, 6.45) is 4.07. The molecule has 0 aliphatic carbocycles. The van der Waals surface area contributed by atoms with Gasteiger partial charge in [0.15, 0.2) is 0 Å². The second-order valence-corrected chi connectivity index (χ2v) is 4.87. The van der Waals surface area contributed by atoms with E-state index in [1.54, 1.807) is 0 Å². The Morgan fingerprint density at radius 1 is 0.818 bits per heavy atom. The predicted octanol–water partition coefficient (Wildman–Crippen LogP) is 1.96. The molecular formula is C16H22O6. The van der Waals surface area contributed by atoms with Crippen LogP contribution in [0.1, 0.15) is 19.8 Å². The van der Waals surface area contributed by atoms with Crippen molar-refractivity contribution in [1.29, 1.82) is 0 Å². The van der Waals surface area contributed by atoms with Crippen LogP contribution in [-0.2, 0) is 28.6 Å². The van der Waals surface area contributed by atoms with E-state index in [1.165, 1.54) is 0 Å². The van der Waals surface area contributed by atoms with Gasteiger partial charge in [0.1, 0.15) is 0 Å². The van der Waals surface area contributed by atoms with Crippen LogP contribution in [0, 0.1) is 5.41 Å². The summed E-state index contributed by atoms with van der Waals surface area (Å²) in [5.41, 5.74) is -0.512. The molecule has 0 aromatic rings. The van der Waals surface area contributed by atoms with E-state index in [4.69, 9.17) is 14.2 Å². The third-order valence-corrected chi connectivity index (χ3v) is 2.96. The number of carbonyl (C=O) groups excluding carboxylic acids is 3. The summed E-state index contributed by atoms with van der Waals surface area (Å²) in [5.74, 6) is -1.59. The maximum absolute atomic E-state index is 11.2. The minimum Gasteiger partial charge on any atom is -0.463 e. The molecule has 0 aliphatic rings. The first-order chi connectivity index (χ1) is 10.4. The molecule has 0 bridgehead atoms. The van der Waals surface area contributed by atoms with Gasteiger partial charge in [-0.05, 0) is 12.8 Å². The van der Waals surface area contributed by atoms with Crippen molar-refractivity contribution in [2.75, 3.05) is 19.8 Å². The number of carbonyl (C=O) groups is 3. The SMILES string of the molecule is C=CC(=O)OCCC(C)(CCOC(=O)C=C)COC(=O)C=C. The Morgan fingerprint density at radius 2 is 1.18 bits per heavy atom. The molecule has 6 nitrogen and oxygen atoms in total. The Hall–Kier alpha value is -2.37. The molecule has 22 heavy (non-hydrogen) atoms. The van der Waals surface area contributed by atoms with Crippen molar-refractivity contribution in [2.24, 2.45) is 5.41 Å². The van der Waals surface area contributed by atoms with Crippen molar-refractivity contribution in [3.63, 3.8) is 0 Å². The average molecular weight is 310 g/mol. The topological polar surface area (TPSA) is 78.9 Å². The van der Waals surface area contributed by atoms with Crippen LogP contribution in [0.3, 0.4) is 0 Å². The van der Waals surface area contributed by atoms with Crippen LogP contribution in [0.25, 0.3) is 0 Å².